The maximum absolute atomic E-state index is 12.2. The molecule has 0 atom stereocenters. The largest absolute Gasteiger partial charge is 0.339 e. The maximum Gasteiger partial charge on any atom is 0.339 e. The lowest BCUT2D eigenvalue weighted by Gasteiger charge is -2.05. The van der Waals surface area contributed by atoms with Crippen LogP contribution in [0.4, 0.5) is 0 Å². The molecule has 3 heteroatoms. The number of fused-ring (bicyclic) bond motifs is 2. The zero-order chi connectivity index (χ0) is 18.6. The summed E-state index contributed by atoms with van der Waals surface area (Å²) in [6, 6.07) is 28.3. The van der Waals surface area contributed by atoms with E-state index in [1.807, 2.05) is 73.7 Å². The first-order valence-corrected chi connectivity index (χ1v) is 8.90. The molecule has 4 rings (SSSR count). The van der Waals surface area contributed by atoms with E-state index >= 15 is 0 Å². The summed E-state index contributed by atoms with van der Waals surface area (Å²) in [5.41, 5.74) is 2.53. The van der Waals surface area contributed by atoms with Gasteiger partial charge in [-0.15, -0.1) is 0 Å². The molecule has 0 radical (unpaired) electrons. The summed E-state index contributed by atoms with van der Waals surface area (Å²) in [7, 11) is 0. The highest BCUT2D eigenvalue weighted by Gasteiger charge is 2.07. The molecule has 0 N–H and O–H groups in total. The molecule has 0 aliphatic carbocycles. The zero-order valence-electron chi connectivity index (χ0n) is 15.1. The molecule has 0 bridgehead atoms. The van der Waals surface area contributed by atoms with Gasteiger partial charge in [-0.2, -0.15) is 0 Å². The molecule has 0 aliphatic heterocycles. The van der Waals surface area contributed by atoms with Crippen LogP contribution >= 0.6 is 0 Å². The van der Waals surface area contributed by atoms with Crippen molar-refractivity contribution in [1.82, 2.24) is 0 Å². The van der Waals surface area contributed by atoms with Crippen LogP contribution in [0.5, 0.6) is 0 Å². The molecule has 0 aliphatic rings. The molecule has 132 valence electrons. The van der Waals surface area contributed by atoms with E-state index < -0.39 is 0 Å². The van der Waals surface area contributed by atoms with Crippen molar-refractivity contribution in [3.05, 3.63) is 96.1 Å². The standard InChI is InChI=1S/C24H19NO2/c1-17(21-13-12-20-7-3-5-9-23(20)16-21)25-27-24(26)15-18-10-11-19-6-2-4-8-22(19)14-18/h2-14,16H,15H2,1H3/b25-17+. The Balaban J connectivity index is 1.46. The van der Waals surface area contributed by atoms with E-state index in [0.29, 0.717) is 5.71 Å². The summed E-state index contributed by atoms with van der Waals surface area (Å²) >= 11 is 0. The van der Waals surface area contributed by atoms with E-state index in [4.69, 9.17) is 4.84 Å². The second-order valence-electron chi connectivity index (χ2n) is 6.56. The Morgan fingerprint density at radius 3 is 2.07 bits per heavy atom. The molecule has 3 nitrogen and oxygen atoms in total. The van der Waals surface area contributed by atoms with Crippen molar-refractivity contribution in [2.45, 2.75) is 13.3 Å². The SMILES string of the molecule is C/C(=N\OC(=O)Cc1ccc2ccccc2c1)c1ccc2ccccc2c1. The van der Waals surface area contributed by atoms with Gasteiger partial charge >= 0.3 is 5.97 Å². The lowest BCUT2D eigenvalue weighted by molar-refractivity contribution is -0.142. The average molecular weight is 353 g/mol. The van der Waals surface area contributed by atoms with Crippen LogP contribution in [0.2, 0.25) is 0 Å². The number of hydrogen-bond acceptors (Lipinski definition) is 3. The van der Waals surface area contributed by atoms with Crippen LogP contribution in [0.15, 0.2) is 90.1 Å². The fourth-order valence-corrected chi connectivity index (χ4v) is 3.13. The number of hydrogen-bond donors (Lipinski definition) is 0. The average Bonchev–Trinajstić information content (AvgIpc) is 2.71. The monoisotopic (exact) mass is 353 g/mol. The Kier molecular flexibility index (Phi) is 4.67. The van der Waals surface area contributed by atoms with Crippen LogP contribution in [0.3, 0.4) is 0 Å². The molecule has 0 amide bonds. The molecule has 0 saturated carbocycles. The van der Waals surface area contributed by atoms with E-state index in [0.717, 1.165) is 27.3 Å². The van der Waals surface area contributed by atoms with Gasteiger partial charge in [-0.05, 0) is 45.7 Å². The van der Waals surface area contributed by atoms with Crippen LogP contribution in [-0.2, 0) is 16.1 Å². The predicted molar refractivity (Wildman–Crippen MR) is 110 cm³/mol. The molecular formula is C24H19NO2. The highest BCUT2D eigenvalue weighted by molar-refractivity contribution is 6.02. The smallest absolute Gasteiger partial charge is 0.318 e. The fourth-order valence-electron chi connectivity index (χ4n) is 3.13. The second kappa shape index (κ2) is 7.42. The number of carbonyl (C=O) groups is 1. The molecule has 27 heavy (non-hydrogen) atoms. The van der Waals surface area contributed by atoms with Gasteiger partial charge in [0.15, 0.2) is 0 Å². The van der Waals surface area contributed by atoms with Gasteiger partial charge in [-0.1, -0.05) is 84.0 Å². The third-order valence-corrected chi connectivity index (χ3v) is 4.61. The minimum atomic E-state index is -0.370. The van der Waals surface area contributed by atoms with Crippen LogP contribution in [-0.4, -0.2) is 11.7 Å². The third-order valence-electron chi connectivity index (χ3n) is 4.61. The second-order valence-corrected chi connectivity index (χ2v) is 6.56. The molecule has 0 aromatic heterocycles. The topological polar surface area (TPSA) is 38.7 Å². The van der Waals surface area contributed by atoms with Crippen molar-refractivity contribution in [3.8, 4) is 0 Å². The van der Waals surface area contributed by atoms with Gasteiger partial charge in [-0.3, -0.25) is 0 Å². The van der Waals surface area contributed by atoms with Crippen molar-refractivity contribution < 1.29 is 9.63 Å². The Morgan fingerprint density at radius 1 is 0.778 bits per heavy atom. The van der Waals surface area contributed by atoms with E-state index in [1.54, 1.807) is 0 Å². The molecule has 0 fully saturated rings. The Hall–Kier alpha value is -3.46. The molecule has 0 unspecified atom stereocenters. The molecule has 0 saturated heterocycles. The summed E-state index contributed by atoms with van der Waals surface area (Å²) < 4.78 is 0. The lowest BCUT2D eigenvalue weighted by atomic mass is 10.0. The quantitative estimate of drug-likeness (QED) is 0.276. The number of benzene rings is 4. The van der Waals surface area contributed by atoms with Gasteiger partial charge in [0.05, 0.1) is 12.1 Å². The number of nitrogens with zero attached hydrogens (tertiary/aromatic N) is 1. The van der Waals surface area contributed by atoms with Crippen LogP contribution < -0.4 is 0 Å². The molecule has 0 heterocycles. The number of rotatable bonds is 4. The van der Waals surface area contributed by atoms with Gasteiger partial charge in [0.25, 0.3) is 0 Å². The zero-order valence-corrected chi connectivity index (χ0v) is 15.1. The summed E-state index contributed by atoms with van der Waals surface area (Å²) in [6.07, 6.45) is 0.194. The number of oxime groups is 1. The van der Waals surface area contributed by atoms with Gasteiger partial charge in [0.2, 0.25) is 0 Å². The van der Waals surface area contributed by atoms with Gasteiger partial charge in [0, 0.05) is 0 Å². The third kappa shape index (κ3) is 3.87. The van der Waals surface area contributed by atoms with Crippen LogP contribution in [0.25, 0.3) is 21.5 Å². The molecule has 4 aromatic carbocycles. The highest BCUT2D eigenvalue weighted by atomic mass is 16.7. The van der Waals surface area contributed by atoms with E-state index in [1.165, 1.54) is 5.39 Å². The van der Waals surface area contributed by atoms with Gasteiger partial charge < -0.3 is 4.84 Å². The van der Waals surface area contributed by atoms with Crippen LogP contribution in [0, 0.1) is 0 Å². The van der Waals surface area contributed by atoms with Crippen molar-refractivity contribution in [1.29, 1.82) is 0 Å². The Labute approximate surface area is 157 Å². The first-order valence-electron chi connectivity index (χ1n) is 8.90. The fraction of sp³-hybridized carbons (Fsp3) is 0.0833. The Bertz CT molecular complexity index is 1160. The van der Waals surface area contributed by atoms with Gasteiger partial charge in [-0.25, -0.2) is 4.79 Å². The summed E-state index contributed by atoms with van der Waals surface area (Å²) in [4.78, 5) is 17.3. The van der Waals surface area contributed by atoms with Crippen molar-refractivity contribution in [3.63, 3.8) is 0 Å². The van der Waals surface area contributed by atoms with Gasteiger partial charge in [0.1, 0.15) is 0 Å². The number of carbonyl (C=O) groups excluding carboxylic acids is 1. The summed E-state index contributed by atoms with van der Waals surface area (Å²) in [6.45, 7) is 1.84. The predicted octanol–water partition coefficient (Wildman–Crippen LogP) is 5.50. The minimum absolute atomic E-state index is 0.194. The van der Waals surface area contributed by atoms with Crippen molar-refractivity contribution >= 4 is 33.2 Å². The van der Waals surface area contributed by atoms with Crippen LogP contribution in [0.1, 0.15) is 18.1 Å². The first kappa shape index (κ1) is 17.0. The molecule has 0 spiro atoms. The van der Waals surface area contributed by atoms with E-state index in [9.17, 15) is 4.79 Å². The summed E-state index contributed by atoms with van der Waals surface area (Å²) in [5, 5.41) is 8.59. The lowest BCUT2D eigenvalue weighted by Crippen LogP contribution is -2.06. The maximum atomic E-state index is 12.2. The van der Waals surface area contributed by atoms with Crippen molar-refractivity contribution in [2.24, 2.45) is 5.16 Å². The van der Waals surface area contributed by atoms with E-state index in [2.05, 4.69) is 23.4 Å². The van der Waals surface area contributed by atoms with Crippen molar-refractivity contribution in [2.75, 3.05) is 0 Å². The highest BCUT2D eigenvalue weighted by Crippen LogP contribution is 2.17. The van der Waals surface area contributed by atoms with E-state index in [-0.39, 0.29) is 12.4 Å². The molecule has 4 aromatic rings. The normalized spacial score (nSPS) is 11.7. The summed E-state index contributed by atoms with van der Waals surface area (Å²) in [5.74, 6) is -0.370. The Morgan fingerprint density at radius 2 is 1.37 bits per heavy atom. The first-order chi connectivity index (χ1) is 13.2. The molecular weight excluding hydrogens is 334 g/mol. The minimum Gasteiger partial charge on any atom is -0.318 e.